The second-order valence-corrected chi connectivity index (χ2v) is 4.97. The van der Waals surface area contributed by atoms with E-state index in [9.17, 15) is 14.9 Å². The molecule has 0 spiro atoms. The van der Waals surface area contributed by atoms with Crippen molar-refractivity contribution in [2.45, 2.75) is 6.92 Å². The van der Waals surface area contributed by atoms with Crippen molar-refractivity contribution in [2.75, 3.05) is 14.2 Å². The van der Waals surface area contributed by atoms with Crippen LogP contribution in [0.2, 0.25) is 0 Å². The minimum absolute atomic E-state index is 0.151. The molecule has 1 aromatic carbocycles. The zero-order valence-corrected chi connectivity index (χ0v) is 14.1. The molecule has 2 rings (SSSR count). The minimum Gasteiger partial charge on any atom is -0.497 e. The van der Waals surface area contributed by atoms with Crippen molar-refractivity contribution in [1.29, 1.82) is 0 Å². The Bertz CT molecular complexity index is 843. The van der Waals surface area contributed by atoms with E-state index in [-0.39, 0.29) is 17.1 Å². The van der Waals surface area contributed by atoms with Gasteiger partial charge in [0.2, 0.25) is 5.69 Å². The molecule has 2 aromatic rings. The van der Waals surface area contributed by atoms with Gasteiger partial charge < -0.3 is 9.47 Å². The topological polar surface area (TPSA) is 121 Å². The van der Waals surface area contributed by atoms with Gasteiger partial charge in [-0.15, -0.1) is 0 Å². The van der Waals surface area contributed by atoms with Gasteiger partial charge in [-0.2, -0.15) is 10.2 Å². The van der Waals surface area contributed by atoms with Gasteiger partial charge in [-0.25, -0.2) is 5.43 Å². The number of carbonyl (C=O) groups excluding carboxylic acids is 1. The summed E-state index contributed by atoms with van der Waals surface area (Å²) in [5, 5.41) is 18.8. The molecule has 0 aliphatic heterocycles. The van der Waals surface area contributed by atoms with Crippen LogP contribution in [0.5, 0.6) is 11.5 Å². The van der Waals surface area contributed by atoms with E-state index in [0.717, 1.165) is 4.68 Å². The lowest BCUT2D eigenvalue weighted by molar-refractivity contribution is -0.385. The van der Waals surface area contributed by atoms with Gasteiger partial charge >= 0.3 is 5.69 Å². The molecule has 1 aromatic heterocycles. The molecule has 132 valence electrons. The van der Waals surface area contributed by atoms with E-state index in [1.807, 2.05) is 0 Å². The molecule has 1 amide bonds. The summed E-state index contributed by atoms with van der Waals surface area (Å²) in [6.45, 7) is 1.46. The normalized spacial score (nSPS) is 10.7. The molecule has 1 N–H and O–H groups in total. The molecule has 0 bridgehead atoms. The van der Waals surface area contributed by atoms with Crippen LogP contribution < -0.4 is 14.9 Å². The minimum atomic E-state index is -0.737. The Balaban J connectivity index is 2.21. The van der Waals surface area contributed by atoms with E-state index in [1.165, 1.54) is 34.4 Å². The molecule has 0 fully saturated rings. The van der Waals surface area contributed by atoms with Crippen LogP contribution in [-0.2, 0) is 7.05 Å². The molecule has 0 aliphatic rings. The average Bonchev–Trinajstić information content (AvgIpc) is 2.89. The van der Waals surface area contributed by atoms with Crippen LogP contribution in [0.25, 0.3) is 0 Å². The fraction of sp³-hybridized carbons (Fsp3) is 0.267. The average molecular weight is 347 g/mol. The third kappa shape index (κ3) is 3.74. The number of methoxy groups -OCH3 is 2. The van der Waals surface area contributed by atoms with Crippen molar-refractivity contribution in [2.24, 2.45) is 12.1 Å². The maximum absolute atomic E-state index is 12.2. The number of benzene rings is 1. The van der Waals surface area contributed by atoms with Gasteiger partial charge in [0, 0.05) is 18.7 Å². The first-order chi connectivity index (χ1) is 11.9. The maximum atomic E-state index is 12.2. The monoisotopic (exact) mass is 347 g/mol. The summed E-state index contributed by atoms with van der Waals surface area (Å²) >= 11 is 0. The Morgan fingerprint density at radius 2 is 2.12 bits per heavy atom. The molecule has 0 unspecified atom stereocenters. The SMILES string of the molecule is COc1ccc(/C=N\NC(=O)c2c([N+](=O)[O-])c(C)nn2C)c(OC)c1. The Hall–Kier alpha value is -3.43. The van der Waals surface area contributed by atoms with Gasteiger partial charge in [0.05, 0.1) is 25.4 Å². The number of amides is 1. The van der Waals surface area contributed by atoms with Crippen LogP contribution >= 0.6 is 0 Å². The van der Waals surface area contributed by atoms with Crippen LogP contribution in [0.4, 0.5) is 5.69 Å². The molecule has 0 saturated heterocycles. The zero-order chi connectivity index (χ0) is 18.6. The number of hydrogen-bond donors (Lipinski definition) is 1. The first-order valence-electron chi connectivity index (χ1n) is 7.12. The number of aromatic nitrogens is 2. The third-order valence-electron chi connectivity index (χ3n) is 3.40. The van der Waals surface area contributed by atoms with E-state index < -0.39 is 10.8 Å². The number of nitrogens with one attached hydrogen (secondary N) is 1. The summed E-state index contributed by atoms with van der Waals surface area (Å²) in [6, 6.07) is 5.07. The summed E-state index contributed by atoms with van der Waals surface area (Å²) < 4.78 is 11.5. The number of nitro groups is 1. The van der Waals surface area contributed by atoms with Crippen LogP contribution in [0.3, 0.4) is 0 Å². The molecule has 10 heteroatoms. The molecule has 1 heterocycles. The summed E-state index contributed by atoms with van der Waals surface area (Å²) in [5.41, 5.74) is 2.47. The highest BCUT2D eigenvalue weighted by molar-refractivity contribution is 5.97. The standard InChI is InChI=1S/C15H17N5O5/c1-9-13(20(22)23)14(19(2)18-9)15(21)17-16-8-10-5-6-11(24-3)7-12(10)25-4/h5-8H,1-4H3,(H,17,21)/b16-8-. The van der Waals surface area contributed by atoms with Gasteiger partial charge in [-0.3, -0.25) is 19.6 Å². The summed E-state index contributed by atoms with van der Waals surface area (Å²) in [4.78, 5) is 22.7. The first-order valence-corrected chi connectivity index (χ1v) is 7.12. The van der Waals surface area contributed by atoms with Crippen LogP contribution in [0.15, 0.2) is 23.3 Å². The lowest BCUT2D eigenvalue weighted by atomic mass is 10.2. The summed E-state index contributed by atoms with van der Waals surface area (Å²) in [6.07, 6.45) is 1.37. The zero-order valence-electron chi connectivity index (χ0n) is 14.1. The number of hydrogen-bond acceptors (Lipinski definition) is 7. The summed E-state index contributed by atoms with van der Waals surface area (Å²) in [7, 11) is 4.48. The quantitative estimate of drug-likeness (QED) is 0.479. The molecule has 10 nitrogen and oxygen atoms in total. The number of nitrogens with zero attached hydrogens (tertiary/aromatic N) is 4. The van der Waals surface area contributed by atoms with Crippen molar-refractivity contribution < 1.29 is 19.2 Å². The fourth-order valence-corrected chi connectivity index (χ4v) is 2.26. The Kier molecular flexibility index (Phi) is 5.32. The van der Waals surface area contributed by atoms with Crippen molar-refractivity contribution in [3.63, 3.8) is 0 Å². The van der Waals surface area contributed by atoms with Crippen LogP contribution in [-0.4, -0.2) is 41.0 Å². The number of carbonyl (C=O) groups is 1. The highest BCUT2D eigenvalue weighted by atomic mass is 16.6. The highest BCUT2D eigenvalue weighted by Crippen LogP contribution is 2.23. The number of hydrazone groups is 1. The van der Waals surface area contributed by atoms with E-state index in [4.69, 9.17) is 9.47 Å². The van der Waals surface area contributed by atoms with Crippen LogP contribution in [0.1, 0.15) is 21.7 Å². The van der Waals surface area contributed by atoms with Gasteiger partial charge in [0.1, 0.15) is 17.2 Å². The van der Waals surface area contributed by atoms with Crippen molar-refractivity contribution in [3.05, 3.63) is 45.3 Å². The largest absolute Gasteiger partial charge is 0.497 e. The maximum Gasteiger partial charge on any atom is 0.322 e. The Labute approximate surface area is 143 Å². The summed E-state index contributed by atoms with van der Waals surface area (Å²) in [5.74, 6) is 0.372. The lowest BCUT2D eigenvalue weighted by Gasteiger charge is -2.06. The molecule has 0 radical (unpaired) electrons. The fourth-order valence-electron chi connectivity index (χ4n) is 2.26. The van der Waals surface area contributed by atoms with Crippen LogP contribution in [0, 0.1) is 17.0 Å². The van der Waals surface area contributed by atoms with Crippen molar-refractivity contribution >= 4 is 17.8 Å². The molecular formula is C15H17N5O5. The van der Waals surface area contributed by atoms with Gasteiger partial charge in [-0.05, 0) is 19.1 Å². The second kappa shape index (κ2) is 7.43. The Morgan fingerprint density at radius 3 is 2.72 bits per heavy atom. The third-order valence-corrected chi connectivity index (χ3v) is 3.40. The molecular weight excluding hydrogens is 330 g/mol. The first kappa shape index (κ1) is 17.9. The van der Waals surface area contributed by atoms with Crippen molar-refractivity contribution in [3.8, 4) is 11.5 Å². The molecule has 0 atom stereocenters. The number of ether oxygens (including phenoxy) is 2. The number of rotatable bonds is 6. The van der Waals surface area contributed by atoms with Gasteiger partial charge in [0.15, 0.2) is 0 Å². The Morgan fingerprint density at radius 1 is 1.40 bits per heavy atom. The second-order valence-electron chi connectivity index (χ2n) is 4.97. The van der Waals surface area contributed by atoms with Gasteiger partial charge in [0.25, 0.3) is 5.91 Å². The van der Waals surface area contributed by atoms with E-state index >= 15 is 0 Å². The molecule has 0 aliphatic carbocycles. The van der Waals surface area contributed by atoms with Gasteiger partial charge in [-0.1, -0.05) is 0 Å². The van der Waals surface area contributed by atoms with Crippen molar-refractivity contribution in [1.82, 2.24) is 15.2 Å². The predicted octanol–water partition coefficient (Wildman–Crippen LogP) is 1.42. The predicted molar refractivity (Wildman–Crippen MR) is 89.2 cm³/mol. The number of aryl methyl sites for hydroxylation is 2. The van der Waals surface area contributed by atoms with E-state index in [0.29, 0.717) is 17.1 Å². The molecule has 0 saturated carbocycles. The van der Waals surface area contributed by atoms with E-state index in [1.54, 1.807) is 18.2 Å². The molecule has 25 heavy (non-hydrogen) atoms. The smallest absolute Gasteiger partial charge is 0.322 e. The van der Waals surface area contributed by atoms with E-state index in [2.05, 4.69) is 15.6 Å². The highest BCUT2D eigenvalue weighted by Gasteiger charge is 2.29. The lowest BCUT2D eigenvalue weighted by Crippen LogP contribution is -2.22.